The standard InChI is InChI=1S/C26H32N4O3S/c1-14(2)18-11-17(12-19(15(3)4)23(18)27)29-25(31)20-13-28-26(34-7)30-24(20)16-8-9-21(32-5)22(10-16)33-6/h8-15H,27H2,1-7H3,(H,29,31). The van der Waals surface area contributed by atoms with E-state index < -0.39 is 0 Å². The molecule has 8 heteroatoms. The quantitative estimate of drug-likeness (QED) is 0.233. The highest BCUT2D eigenvalue weighted by molar-refractivity contribution is 7.98. The van der Waals surface area contributed by atoms with E-state index in [1.165, 1.54) is 11.8 Å². The maximum Gasteiger partial charge on any atom is 0.259 e. The predicted molar refractivity (Wildman–Crippen MR) is 139 cm³/mol. The molecule has 0 fully saturated rings. The smallest absolute Gasteiger partial charge is 0.259 e. The van der Waals surface area contributed by atoms with Crippen molar-refractivity contribution in [2.75, 3.05) is 31.5 Å². The number of thioether (sulfide) groups is 1. The molecule has 0 aliphatic rings. The molecule has 3 aromatic rings. The van der Waals surface area contributed by atoms with Crippen LogP contribution in [0.2, 0.25) is 0 Å². The number of rotatable bonds is 8. The van der Waals surface area contributed by atoms with Crippen molar-refractivity contribution in [1.29, 1.82) is 0 Å². The number of nitrogens with two attached hydrogens (primary N) is 1. The van der Waals surface area contributed by atoms with Gasteiger partial charge in [0.05, 0.1) is 25.5 Å². The Hall–Kier alpha value is -3.26. The van der Waals surface area contributed by atoms with Gasteiger partial charge in [-0.05, 0) is 59.6 Å². The summed E-state index contributed by atoms with van der Waals surface area (Å²) in [5, 5.41) is 3.61. The molecule has 0 saturated carbocycles. The van der Waals surface area contributed by atoms with Crippen LogP contribution in [0.1, 0.15) is 61.0 Å². The van der Waals surface area contributed by atoms with Crippen LogP contribution in [0.25, 0.3) is 11.3 Å². The molecule has 0 saturated heterocycles. The summed E-state index contributed by atoms with van der Waals surface area (Å²) in [6, 6.07) is 9.33. The summed E-state index contributed by atoms with van der Waals surface area (Å²) in [5.74, 6) is 1.30. The summed E-state index contributed by atoms with van der Waals surface area (Å²) in [5.41, 5.74) is 11.5. The highest BCUT2D eigenvalue weighted by Gasteiger charge is 2.20. The lowest BCUT2D eigenvalue weighted by atomic mass is 9.92. The SMILES string of the molecule is COc1ccc(-c2nc(SC)ncc2C(=O)Nc2cc(C(C)C)c(N)c(C(C)C)c2)cc1OC. The van der Waals surface area contributed by atoms with E-state index in [0.29, 0.717) is 33.6 Å². The van der Waals surface area contributed by atoms with Crippen LogP contribution in [0.15, 0.2) is 41.7 Å². The van der Waals surface area contributed by atoms with Crippen LogP contribution in [0.4, 0.5) is 11.4 Å². The average molecular weight is 481 g/mol. The van der Waals surface area contributed by atoms with E-state index in [1.54, 1.807) is 32.5 Å². The lowest BCUT2D eigenvalue weighted by Gasteiger charge is -2.19. The van der Waals surface area contributed by atoms with Crippen molar-refractivity contribution in [2.45, 2.75) is 44.7 Å². The lowest BCUT2D eigenvalue weighted by molar-refractivity contribution is 0.102. The van der Waals surface area contributed by atoms with Crippen LogP contribution in [0.3, 0.4) is 0 Å². The lowest BCUT2D eigenvalue weighted by Crippen LogP contribution is -2.16. The fourth-order valence-corrected chi connectivity index (χ4v) is 4.10. The zero-order chi connectivity index (χ0) is 25.0. The molecule has 0 unspecified atom stereocenters. The number of carbonyl (C=O) groups is 1. The first kappa shape index (κ1) is 25.4. The van der Waals surface area contributed by atoms with Crippen molar-refractivity contribution in [3.05, 3.63) is 53.2 Å². The molecule has 0 radical (unpaired) electrons. The first-order valence-corrected chi connectivity index (χ1v) is 12.3. The number of nitrogens with zero attached hydrogens (tertiary/aromatic N) is 2. The first-order chi connectivity index (χ1) is 16.2. The highest BCUT2D eigenvalue weighted by atomic mass is 32.2. The summed E-state index contributed by atoms with van der Waals surface area (Å²) in [6.07, 6.45) is 3.45. The Labute approximate surface area is 205 Å². The third kappa shape index (κ3) is 5.28. The Kier molecular flexibility index (Phi) is 8.04. The van der Waals surface area contributed by atoms with Gasteiger partial charge in [0.1, 0.15) is 0 Å². The number of nitrogens with one attached hydrogen (secondary N) is 1. The van der Waals surface area contributed by atoms with Gasteiger partial charge in [0.2, 0.25) is 0 Å². The van der Waals surface area contributed by atoms with Crippen molar-refractivity contribution < 1.29 is 14.3 Å². The second-order valence-electron chi connectivity index (χ2n) is 8.52. The number of amides is 1. The largest absolute Gasteiger partial charge is 0.493 e. The van der Waals surface area contributed by atoms with Crippen molar-refractivity contribution >= 4 is 29.0 Å². The van der Waals surface area contributed by atoms with Gasteiger partial charge in [-0.15, -0.1) is 0 Å². The van der Waals surface area contributed by atoms with Gasteiger partial charge in [-0.3, -0.25) is 4.79 Å². The molecular formula is C26H32N4O3S. The third-order valence-corrected chi connectivity index (χ3v) is 6.16. The van der Waals surface area contributed by atoms with Gasteiger partial charge < -0.3 is 20.5 Å². The minimum atomic E-state index is -0.299. The number of aromatic nitrogens is 2. The Bertz CT molecular complexity index is 1170. The Morgan fingerprint density at radius 1 is 1.00 bits per heavy atom. The second kappa shape index (κ2) is 10.8. The molecule has 180 valence electrons. The van der Waals surface area contributed by atoms with Crippen LogP contribution < -0.4 is 20.5 Å². The van der Waals surface area contributed by atoms with E-state index in [4.69, 9.17) is 15.2 Å². The van der Waals surface area contributed by atoms with Gasteiger partial charge in [0, 0.05) is 23.1 Å². The van der Waals surface area contributed by atoms with Crippen molar-refractivity contribution in [2.24, 2.45) is 0 Å². The molecule has 3 rings (SSSR count). The van der Waals surface area contributed by atoms with Gasteiger partial charge in [0.25, 0.3) is 5.91 Å². The molecule has 2 aromatic carbocycles. The molecular weight excluding hydrogens is 448 g/mol. The number of ether oxygens (including phenoxy) is 2. The van der Waals surface area contributed by atoms with Gasteiger partial charge in [-0.1, -0.05) is 39.5 Å². The molecule has 1 heterocycles. The monoisotopic (exact) mass is 480 g/mol. The number of nitrogen functional groups attached to an aromatic ring is 1. The molecule has 0 aliphatic carbocycles. The minimum absolute atomic E-state index is 0.223. The van der Waals surface area contributed by atoms with Crippen LogP contribution >= 0.6 is 11.8 Å². The molecule has 7 nitrogen and oxygen atoms in total. The number of methoxy groups -OCH3 is 2. The van der Waals surface area contributed by atoms with E-state index in [9.17, 15) is 4.79 Å². The zero-order valence-electron chi connectivity index (χ0n) is 20.7. The maximum absolute atomic E-state index is 13.4. The molecule has 3 N–H and O–H groups in total. The number of hydrogen-bond donors (Lipinski definition) is 2. The molecule has 1 aromatic heterocycles. The Balaban J connectivity index is 2.07. The highest BCUT2D eigenvalue weighted by Crippen LogP contribution is 2.35. The van der Waals surface area contributed by atoms with Crippen molar-refractivity contribution in [1.82, 2.24) is 9.97 Å². The number of anilines is 2. The zero-order valence-corrected chi connectivity index (χ0v) is 21.5. The van der Waals surface area contributed by atoms with Crippen LogP contribution in [0.5, 0.6) is 11.5 Å². The van der Waals surface area contributed by atoms with Gasteiger partial charge in [-0.2, -0.15) is 0 Å². The van der Waals surface area contributed by atoms with Crippen molar-refractivity contribution in [3.63, 3.8) is 0 Å². The van der Waals surface area contributed by atoms with E-state index in [0.717, 1.165) is 22.4 Å². The predicted octanol–water partition coefficient (Wildman–Crippen LogP) is 5.96. The molecule has 0 atom stereocenters. The summed E-state index contributed by atoms with van der Waals surface area (Å²) in [7, 11) is 3.15. The molecule has 0 aliphatic heterocycles. The van der Waals surface area contributed by atoms with E-state index in [-0.39, 0.29) is 17.7 Å². The number of hydrogen-bond acceptors (Lipinski definition) is 7. The molecule has 1 amide bonds. The summed E-state index contributed by atoms with van der Waals surface area (Å²) in [4.78, 5) is 22.4. The maximum atomic E-state index is 13.4. The van der Waals surface area contributed by atoms with Crippen LogP contribution in [-0.4, -0.2) is 36.4 Å². The molecule has 0 spiro atoms. The summed E-state index contributed by atoms with van der Waals surface area (Å²) >= 11 is 1.41. The van der Waals surface area contributed by atoms with Gasteiger partial charge in [0.15, 0.2) is 16.7 Å². The van der Waals surface area contributed by atoms with Crippen LogP contribution in [-0.2, 0) is 0 Å². The fourth-order valence-electron chi connectivity index (χ4n) is 3.76. The van der Waals surface area contributed by atoms with E-state index in [1.807, 2.05) is 24.5 Å². The number of benzene rings is 2. The Morgan fingerprint density at radius 3 is 2.15 bits per heavy atom. The third-order valence-electron chi connectivity index (χ3n) is 5.60. The first-order valence-electron chi connectivity index (χ1n) is 11.1. The average Bonchev–Trinajstić information content (AvgIpc) is 2.83. The molecule has 0 bridgehead atoms. The normalized spacial score (nSPS) is 11.1. The van der Waals surface area contributed by atoms with Crippen molar-refractivity contribution in [3.8, 4) is 22.8 Å². The fraction of sp³-hybridized carbons (Fsp3) is 0.346. The van der Waals surface area contributed by atoms with E-state index >= 15 is 0 Å². The second-order valence-corrected chi connectivity index (χ2v) is 9.29. The number of carbonyl (C=O) groups excluding carboxylic acids is 1. The van der Waals surface area contributed by atoms with Crippen LogP contribution in [0, 0.1) is 0 Å². The minimum Gasteiger partial charge on any atom is -0.493 e. The topological polar surface area (TPSA) is 99.4 Å². The van der Waals surface area contributed by atoms with Gasteiger partial charge in [-0.25, -0.2) is 9.97 Å². The van der Waals surface area contributed by atoms with Gasteiger partial charge >= 0.3 is 0 Å². The Morgan fingerprint density at radius 2 is 1.62 bits per heavy atom. The summed E-state index contributed by atoms with van der Waals surface area (Å²) < 4.78 is 10.8. The summed E-state index contributed by atoms with van der Waals surface area (Å²) in [6.45, 7) is 8.36. The molecule has 34 heavy (non-hydrogen) atoms. The van der Waals surface area contributed by atoms with E-state index in [2.05, 4.69) is 43.0 Å².